The molecule has 26 heavy (non-hydrogen) atoms. The van der Waals surface area contributed by atoms with Gasteiger partial charge in [-0.15, -0.1) is 10.2 Å². The van der Waals surface area contributed by atoms with E-state index in [1.54, 1.807) is 18.2 Å². The molecule has 4 rings (SSSR count). The van der Waals surface area contributed by atoms with Crippen molar-refractivity contribution in [2.45, 2.75) is 25.2 Å². The number of hydrogen-bond donors (Lipinski definition) is 2. The van der Waals surface area contributed by atoms with Crippen LogP contribution in [-0.4, -0.2) is 25.3 Å². The van der Waals surface area contributed by atoms with E-state index >= 15 is 4.39 Å². The van der Waals surface area contributed by atoms with Gasteiger partial charge in [-0.1, -0.05) is 12.5 Å². The molecule has 1 aromatic carbocycles. The minimum absolute atomic E-state index is 0.0671. The molecule has 1 saturated carbocycles. The molecular weight excluding hydrogens is 337 g/mol. The average molecular weight is 353 g/mol. The quantitative estimate of drug-likeness (QED) is 0.740. The minimum Gasteiger partial charge on any atom is -0.493 e. The number of ether oxygens (including phenoxy) is 1. The van der Waals surface area contributed by atoms with Crippen LogP contribution in [0.15, 0.2) is 36.7 Å². The zero-order chi connectivity index (χ0) is 18.1. The van der Waals surface area contributed by atoms with Crippen molar-refractivity contribution in [3.63, 3.8) is 0 Å². The highest BCUT2D eigenvalue weighted by Gasteiger charge is 2.27. The fraction of sp³-hybridized carbons (Fsp3) is 0.222. The first-order valence-electron chi connectivity index (χ1n) is 8.22. The Balaban J connectivity index is 1.80. The van der Waals surface area contributed by atoms with Crippen LogP contribution in [0.2, 0.25) is 0 Å². The highest BCUT2D eigenvalue weighted by Crippen LogP contribution is 2.44. The summed E-state index contributed by atoms with van der Waals surface area (Å²) < 4.78 is 21.0. The van der Waals surface area contributed by atoms with Crippen LogP contribution < -0.4 is 10.5 Å². The summed E-state index contributed by atoms with van der Waals surface area (Å²) in [6, 6.07) is 7.92. The van der Waals surface area contributed by atoms with E-state index in [9.17, 15) is 5.11 Å². The molecule has 2 heterocycles. The van der Waals surface area contributed by atoms with Gasteiger partial charge < -0.3 is 15.6 Å². The Bertz CT molecular complexity index is 945. The van der Waals surface area contributed by atoms with Crippen molar-refractivity contribution < 1.29 is 14.2 Å². The van der Waals surface area contributed by atoms with Crippen LogP contribution in [0, 0.1) is 5.82 Å². The molecule has 0 radical (unpaired) electrons. The molecule has 8 heteroatoms. The van der Waals surface area contributed by atoms with E-state index in [4.69, 9.17) is 10.5 Å². The molecular formula is C18H16FN5O2. The third-order valence-electron chi connectivity index (χ3n) is 4.47. The van der Waals surface area contributed by atoms with Crippen LogP contribution in [-0.2, 0) is 0 Å². The summed E-state index contributed by atoms with van der Waals surface area (Å²) in [5, 5.41) is 17.2. The minimum atomic E-state index is -0.549. The zero-order valence-electron chi connectivity index (χ0n) is 13.8. The van der Waals surface area contributed by atoms with Crippen LogP contribution in [0.3, 0.4) is 0 Å². The fourth-order valence-electron chi connectivity index (χ4n) is 2.89. The maximum atomic E-state index is 15.3. The maximum absolute atomic E-state index is 15.3. The number of aromatic nitrogens is 4. The Labute approximate surface area is 148 Å². The lowest BCUT2D eigenvalue weighted by Crippen LogP contribution is -2.11. The number of nitrogens with zero attached hydrogens (tertiary/aromatic N) is 4. The summed E-state index contributed by atoms with van der Waals surface area (Å²) in [7, 11) is 0. The van der Waals surface area contributed by atoms with Gasteiger partial charge in [0, 0.05) is 11.1 Å². The topological polar surface area (TPSA) is 107 Å². The van der Waals surface area contributed by atoms with Gasteiger partial charge in [0.25, 0.3) is 0 Å². The highest BCUT2D eigenvalue weighted by atomic mass is 19.1. The van der Waals surface area contributed by atoms with Crippen LogP contribution >= 0.6 is 0 Å². The molecule has 1 aliphatic carbocycles. The lowest BCUT2D eigenvalue weighted by Gasteiger charge is -2.28. The molecule has 7 nitrogen and oxygen atoms in total. The van der Waals surface area contributed by atoms with Gasteiger partial charge >= 0.3 is 0 Å². The lowest BCUT2D eigenvalue weighted by atomic mass is 9.79. The number of nitrogen functional groups attached to an aromatic ring is 1. The zero-order valence-corrected chi connectivity index (χ0v) is 13.8. The third kappa shape index (κ3) is 3.01. The Hall–Kier alpha value is -3.29. The molecule has 0 saturated heterocycles. The fourth-order valence-corrected chi connectivity index (χ4v) is 2.89. The van der Waals surface area contributed by atoms with Gasteiger partial charge in [0.15, 0.2) is 11.6 Å². The van der Waals surface area contributed by atoms with Gasteiger partial charge in [-0.05, 0) is 37.0 Å². The van der Waals surface area contributed by atoms with Gasteiger partial charge in [-0.3, -0.25) is 0 Å². The number of anilines is 1. The van der Waals surface area contributed by atoms with Crippen molar-refractivity contribution in [3.05, 3.63) is 48.0 Å². The Kier molecular flexibility index (Phi) is 4.08. The number of benzene rings is 1. The van der Waals surface area contributed by atoms with Crippen molar-refractivity contribution in [3.8, 4) is 28.8 Å². The van der Waals surface area contributed by atoms with Crippen LogP contribution in [0.25, 0.3) is 11.3 Å². The van der Waals surface area contributed by atoms with E-state index in [0.29, 0.717) is 5.69 Å². The molecule has 0 aliphatic heterocycles. The molecule has 0 spiro atoms. The second kappa shape index (κ2) is 6.55. The summed E-state index contributed by atoms with van der Waals surface area (Å²) >= 11 is 0. The molecule has 2 aromatic heterocycles. The maximum Gasteiger partial charge on any atom is 0.226 e. The molecule has 3 aromatic rings. The summed E-state index contributed by atoms with van der Waals surface area (Å²) in [5.41, 5.74) is 6.94. The van der Waals surface area contributed by atoms with Crippen molar-refractivity contribution in [2.24, 2.45) is 0 Å². The second-order valence-corrected chi connectivity index (χ2v) is 6.13. The summed E-state index contributed by atoms with van der Waals surface area (Å²) in [4.78, 5) is 7.53. The predicted octanol–water partition coefficient (Wildman–Crippen LogP) is 3.42. The average Bonchev–Trinajstić information content (AvgIpc) is 2.58. The van der Waals surface area contributed by atoms with E-state index in [-0.39, 0.29) is 34.8 Å². The standard InChI is InChI=1S/C18H16FN5O2/c19-17-12(13-6-7-14(20)24-23-13)5-4-11(10-2-1-3-10)18(17)26-16-8-15(25)21-9-22-16/h4-10H,1-3H2,(H2,20,24)(H,21,22,25). The normalized spacial score (nSPS) is 14.0. The van der Waals surface area contributed by atoms with Gasteiger partial charge in [0.2, 0.25) is 11.8 Å². The van der Waals surface area contributed by atoms with E-state index in [1.165, 1.54) is 6.07 Å². The molecule has 132 valence electrons. The Morgan fingerprint density at radius 3 is 2.62 bits per heavy atom. The first-order chi connectivity index (χ1) is 12.6. The van der Waals surface area contributed by atoms with Gasteiger partial charge in [-0.25, -0.2) is 14.4 Å². The van der Waals surface area contributed by atoms with Crippen molar-refractivity contribution >= 4 is 5.82 Å². The van der Waals surface area contributed by atoms with Crippen molar-refractivity contribution in [1.82, 2.24) is 20.2 Å². The van der Waals surface area contributed by atoms with Crippen LogP contribution in [0.4, 0.5) is 10.2 Å². The van der Waals surface area contributed by atoms with Crippen LogP contribution in [0.1, 0.15) is 30.7 Å². The lowest BCUT2D eigenvalue weighted by molar-refractivity contribution is 0.374. The molecule has 0 unspecified atom stereocenters. The number of rotatable bonds is 4. The molecule has 0 amide bonds. The monoisotopic (exact) mass is 353 g/mol. The number of nitrogens with two attached hydrogens (primary N) is 1. The van der Waals surface area contributed by atoms with E-state index in [0.717, 1.165) is 31.2 Å². The van der Waals surface area contributed by atoms with Gasteiger partial charge in [-0.2, -0.15) is 0 Å². The van der Waals surface area contributed by atoms with E-state index in [2.05, 4.69) is 20.2 Å². The van der Waals surface area contributed by atoms with Crippen molar-refractivity contribution in [1.29, 1.82) is 0 Å². The SMILES string of the molecule is Nc1ccc(-c2ccc(C3CCC3)c(Oc3cc(O)ncn3)c2F)nn1. The van der Waals surface area contributed by atoms with Crippen LogP contribution in [0.5, 0.6) is 17.5 Å². The van der Waals surface area contributed by atoms with E-state index in [1.807, 2.05) is 6.07 Å². The molecule has 1 fully saturated rings. The number of aromatic hydroxyl groups is 1. The van der Waals surface area contributed by atoms with E-state index < -0.39 is 5.82 Å². The molecule has 1 aliphatic rings. The predicted molar refractivity (Wildman–Crippen MR) is 92.2 cm³/mol. The van der Waals surface area contributed by atoms with Gasteiger partial charge in [0.05, 0.1) is 11.8 Å². The molecule has 0 bridgehead atoms. The Morgan fingerprint density at radius 1 is 1.12 bits per heavy atom. The smallest absolute Gasteiger partial charge is 0.226 e. The number of hydrogen-bond acceptors (Lipinski definition) is 7. The third-order valence-corrected chi connectivity index (χ3v) is 4.47. The highest BCUT2D eigenvalue weighted by molar-refractivity contribution is 5.64. The second-order valence-electron chi connectivity index (χ2n) is 6.13. The molecule has 3 N–H and O–H groups in total. The summed E-state index contributed by atoms with van der Waals surface area (Å²) in [6.07, 6.45) is 4.21. The van der Waals surface area contributed by atoms with Gasteiger partial charge in [0.1, 0.15) is 12.1 Å². The Morgan fingerprint density at radius 2 is 1.96 bits per heavy atom. The summed E-state index contributed by atoms with van der Waals surface area (Å²) in [6.45, 7) is 0. The first kappa shape index (κ1) is 16.2. The van der Waals surface area contributed by atoms with Crippen molar-refractivity contribution in [2.75, 3.05) is 5.73 Å². The first-order valence-corrected chi connectivity index (χ1v) is 8.22. The number of halogens is 1. The summed E-state index contributed by atoms with van der Waals surface area (Å²) in [5.74, 6) is -0.149. The largest absolute Gasteiger partial charge is 0.493 e. The molecule has 0 atom stereocenters.